The Bertz CT molecular complexity index is 662. The number of sulfonamides is 1. The zero-order valence-corrected chi connectivity index (χ0v) is 13.3. The third kappa shape index (κ3) is 3.92. The zero-order chi connectivity index (χ0) is 15.5. The molecule has 0 aliphatic rings. The smallest absolute Gasteiger partial charge is 0.337 e. The number of carboxylic acid groups (broad SMARTS) is 1. The second-order valence-corrected chi connectivity index (χ2v) is 6.57. The van der Waals surface area contributed by atoms with Crippen molar-refractivity contribution in [3.8, 4) is 0 Å². The molecule has 1 aromatic carbocycles. The quantitative estimate of drug-likeness (QED) is 0.695. The van der Waals surface area contributed by atoms with Crippen LogP contribution in [0.15, 0.2) is 21.5 Å². The number of hydrogen-bond donors (Lipinski definition) is 3. The summed E-state index contributed by atoms with van der Waals surface area (Å²) < 4.78 is 26.1. The lowest BCUT2D eigenvalue weighted by Gasteiger charge is -2.09. The molecule has 0 heterocycles. The normalized spacial score (nSPS) is 11.2. The minimum absolute atomic E-state index is 0.109. The van der Waals surface area contributed by atoms with Gasteiger partial charge in [0.2, 0.25) is 15.9 Å². The summed E-state index contributed by atoms with van der Waals surface area (Å²) in [6, 6.07) is 2.07. The molecule has 1 amide bonds. The number of carboxylic acids is 1. The molecule has 3 N–H and O–H groups in total. The fourth-order valence-corrected chi connectivity index (χ4v) is 3.04. The van der Waals surface area contributed by atoms with Crippen molar-refractivity contribution >= 4 is 49.4 Å². The molecule has 10 heteroatoms. The van der Waals surface area contributed by atoms with Crippen molar-refractivity contribution in [2.24, 2.45) is 0 Å². The lowest BCUT2D eigenvalue weighted by atomic mass is 10.2. The van der Waals surface area contributed by atoms with Crippen LogP contribution < -0.4 is 10.0 Å². The maximum Gasteiger partial charge on any atom is 0.337 e. The highest BCUT2D eigenvalue weighted by Crippen LogP contribution is 2.29. The van der Waals surface area contributed by atoms with Crippen LogP contribution in [0, 0.1) is 0 Å². The van der Waals surface area contributed by atoms with Gasteiger partial charge in [0.05, 0.1) is 22.0 Å². The largest absolute Gasteiger partial charge is 0.478 e. The molecule has 0 fully saturated rings. The van der Waals surface area contributed by atoms with E-state index in [2.05, 4.69) is 21.2 Å². The van der Waals surface area contributed by atoms with Gasteiger partial charge in [-0.05, 0) is 28.1 Å². The Labute approximate surface area is 128 Å². The number of carbonyl (C=O) groups excluding carboxylic acids is 1. The third-order valence-electron chi connectivity index (χ3n) is 2.24. The predicted molar refractivity (Wildman–Crippen MR) is 75.4 cm³/mol. The third-order valence-corrected chi connectivity index (χ3v) is 4.89. The highest BCUT2D eigenvalue weighted by atomic mass is 79.9. The van der Waals surface area contributed by atoms with E-state index in [1.165, 1.54) is 7.05 Å². The van der Waals surface area contributed by atoms with E-state index < -0.39 is 28.4 Å². The minimum Gasteiger partial charge on any atom is -0.478 e. The molecule has 0 unspecified atom stereocenters. The fourth-order valence-electron chi connectivity index (χ4n) is 1.21. The van der Waals surface area contributed by atoms with Crippen LogP contribution in [-0.2, 0) is 14.8 Å². The lowest BCUT2D eigenvalue weighted by Crippen LogP contribution is -2.35. The van der Waals surface area contributed by atoms with Crippen molar-refractivity contribution < 1.29 is 23.1 Å². The number of benzene rings is 1. The highest BCUT2D eigenvalue weighted by molar-refractivity contribution is 9.10. The number of carbonyl (C=O) groups is 2. The maximum atomic E-state index is 11.9. The molecule has 0 saturated heterocycles. The summed E-state index contributed by atoms with van der Waals surface area (Å²) in [5.41, 5.74) is -0.360. The molecule has 0 aliphatic carbocycles. The van der Waals surface area contributed by atoms with E-state index in [9.17, 15) is 18.0 Å². The predicted octanol–water partition coefficient (Wildman–Crippen LogP) is 0.825. The molecule has 1 aromatic rings. The number of nitrogens with one attached hydrogen (secondary N) is 2. The van der Waals surface area contributed by atoms with Crippen LogP contribution in [0.4, 0.5) is 0 Å². The van der Waals surface area contributed by atoms with Crippen LogP contribution in [0.25, 0.3) is 0 Å². The van der Waals surface area contributed by atoms with E-state index >= 15 is 0 Å². The topological polar surface area (TPSA) is 113 Å². The van der Waals surface area contributed by atoms with E-state index in [4.69, 9.17) is 16.7 Å². The first-order valence-corrected chi connectivity index (χ1v) is 7.77. The number of hydrogen-bond acceptors (Lipinski definition) is 4. The van der Waals surface area contributed by atoms with Crippen molar-refractivity contribution in [1.29, 1.82) is 0 Å². The van der Waals surface area contributed by atoms with Gasteiger partial charge in [0, 0.05) is 11.5 Å². The van der Waals surface area contributed by atoms with Crippen LogP contribution >= 0.6 is 27.5 Å². The Hall–Kier alpha value is -1.16. The van der Waals surface area contributed by atoms with Crippen LogP contribution in [0.5, 0.6) is 0 Å². The average molecular weight is 386 g/mol. The van der Waals surface area contributed by atoms with E-state index in [1.807, 2.05) is 4.72 Å². The van der Waals surface area contributed by atoms with Gasteiger partial charge in [-0.1, -0.05) is 11.6 Å². The monoisotopic (exact) mass is 384 g/mol. The van der Waals surface area contributed by atoms with Crippen molar-refractivity contribution in [3.05, 3.63) is 27.2 Å². The van der Waals surface area contributed by atoms with Gasteiger partial charge in [-0.2, -0.15) is 0 Å². The van der Waals surface area contributed by atoms with Gasteiger partial charge in [0.1, 0.15) is 0 Å². The van der Waals surface area contributed by atoms with Crippen molar-refractivity contribution in [3.63, 3.8) is 0 Å². The van der Waals surface area contributed by atoms with E-state index in [0.717, 1.165) is 12.1 Å². The van der Waals surface area contributed by atoms with Crippen LogP contribution in [0.3, 0.4) is 0 Å². The summed E-state index contributed by atoms with van der Waals surface area (Å²) in [7, 11) is -2.66. The summed E-state index contributed by atoms with van der Waals surface area (Å²) in [4.78, 5) is 21.7. The van der Waals surface area contributed by atoms with E-state index in [1.54, 1.807) is 0 Å². The van der Waals surface area contributed by atoms with Gasteiger partial charge < -0.3 is 10.4 Å². The fraction of sp³-hybridized carbons (Fsp3) is 0.200. The molecule has 0 aromatic heterocycles. The number of likely N-dealkylation sites (N-methyl/N-ethyl adjacent to an activating group) is 1. The first-order valence-electron chi connectivity index (χ1n) is 5.11. The molecule has 0 atom stereocenters. The molecule has 1 rings (SSSR count). The Kier molecular flexibility index (Phi) is 5.51. The number of aromatic carboxylic acids is 1. The molecular weight excluding hydrogens is 376 g/mol. The van der Waals surface area contributed by atoms with Crippen molar-refractivity contribution in [2.75, 3.05) is 13.6 Å². The summed E-state index contributed by atoms with van der Waals surface area (Å²) in [5, 5.41) is 11.1. The number of rotatable bonds is 5. The van der Waals surface area contributed by atoms with Crippen LogP contribution in [0.2, 0.25) is 5.02 Å². The molecule has 110 valence electrons. The Morgan fingerprint density at radius 2 is 2.00 bits per heavy atom. The van der Waals surface area contributed by atoms with Gasteiger partial charge >= 0.3 is 5.97 Å². The SMILES string of the molecule is CNC(=O)CNS(=O)(=O)c1cc(Br)c(Cl)c(C(=O)O)c1. The van der Waals surface area contributed by atoms with Gasteiger partial charge in [-0.3, -0.25) is 4.79 Å². The highest BCUT2D eigenvalue weighted by Gasteiger charge is 2.21. The number of halogens is 2. The summed E-state index contributed by atoms with van der Waals surface area (Å²) >= 11 is 8.74. The molecule has 0 aliphatic heterocycles. The van der Waals surface area contributed by atoms with Gasteiger partial charge in [0.25, 0.3) is 0 Å². The second-order valence-electron chi connectivity index (χ2n) is 3.57. The Balaban J connectivity index is 3.19. The molecule has 0 saturated carbocycles. The average Bonchev–Trinajstić information content (AvgIpc) is 2.38. The molecular formula is C10H10BrClN2O5S. The summed E-state index contributed by atoms with van der Waals surface area (Å²) in [6.07, 6.45) is 0. The van der Waals surface area contributed by atoms with Gasteiger partial charge in [-0.15, -0.1) is 0 Å². The molecule has 0 bridgehead atoms. The Morgan fingerprint density at radius 1 is 1.40 bits per heavy atom. The summed E-state index contributed by atoms with van der Waals surface area (Å²) in [5.74, 6) is -1.89. The first-order chi connectivity index (χ1) is 9.19. The van der Waals surface area contributed by atoms with Crippen LogP contribution in [-0.4, -0.2) is 39.0 Å². The molecule has 0 radical (unpaired) electrons. The van der Waals surface area contributed by atoms with Gasteiger partial charge in [-0.25, -0.2) is 17.9 Å². The zero-order valence-electron chi connectivity index (χ0n) is 10.1. The maximum absolute atomic E-state index is 11.9. The lowest BCUT2D eigenvalue weighted by molar-refractivity contribution is -0.119. The second kappa shape index (κ2) is 6.53. The molecule has 20 heavy (non-hydrogen) atoms. The first kappa shape index (κ1) is 16.9. The molecule has 7 nitrogen and oxygen atoms in total. The summed E-state index contributed by atoms with van der Waals surface area (Å²) in [6.45, 7) is -0.457. The molecule has 0 spiro atoms. The van der Waals surface area contributed by atoms with Crippen molar-refractivity contribution in [1.82, 2.24) is 10.0 Å². The van der Waals surface area contributed by atoms with Crippen LogP contribution in [0.1, 0.15) is 10.4 Å². The van der Waals surface area contributed by atoms with E-state index in [0.29, 0.717) is 0 Å². The minimum atomic E-state index is -4.02. The standard InChI is InChI=1S/C10H10BrClN2O5S/c1-13-8(15)4-14-20(18,19)5-2-6(10(16)17)9(12)7(11)3-5/h2-3,14H,4H2,1H3,(H,13,15)(H,16,17). The van der Waals surface area contributed by atoms with Gasteiger partial charge in [0.15, 0.2) is 0 Å². The van der Waals surface area contributed by atoms with E-state index in [-0.39, 0.29) is 20.0 Å². The number of amides is 1. The Morgan fingerprint density at radius 3 is 2.50 bits per heavy atom. The van der Waals surface area contributed by atoms with Crippen molar-refractivity contribution in [2.45, 2.75) is 4.90 Å².